The molecule has 3 nitrogen and oxygen atoms in total. The number of carbonyl (C=O) groups is 1. The average Bonchev–Trinajstić information content (AvgIpc) is 2.57. The van der Waals surface area contributed by atoms with Gasteiger partial charge in [-0.2, -0.15) is 0 Å². The minimum absolute atomic E-state index is 0.0935. The predicted molar refractivity (Wildman–Crippen MR) is 89.1 cm³/mol. The minimum atomic E-state index is 0.0935. The second-order valence-corrected chi connectivity index (χ2v) is 6.00. The van der Waals surface area contributed by atoms with Crippen molar-refractivity contribution in [1.29, 1.82) is 0 Å². The molecule has 0 unspecified atom stereocenters. The summed E-state index contributed by atoms with van der Waals surface area (Å²) in [6.45, 7) is 4.31. The van der Waals surface area contributed by atoms with Crippen molar-refractivity contribution in [3.05, 3.63) is 70.7 Å². The van der Waals surface area contributed by atoms with Crippen molar-refractivity contribution in [2.24, 2.45) is 0 Å². The van der Waals surface area contributed by atoms with Gasteiger partial charge < -0.3 is 4.90 Å². The number of carbonyl (C=O) groups excluding carboxylic acids is 1. The summed E-state index contributed by atoms with van der Waals surface area (Å²) in [5, 5.41) is 0.657. The lowest BCUT2D eigenvalue weighted by Crippen LogP contribution is -2.48. The molecule has 1 amide bonds. The largest absolute Gasteiger partial charge is 0.336 e. The van der Waals surface area contributed by atoms with Crippen molar-refractivity contribution in [3.8, 4) is 0 Å². The predicted octanol–water partition coefficient (Wildman–Crippen LogP) is 3.30. The maximum Gasteiger partial charge on any atom is 0.253 e. The van der Waals surface area contributed by atoms with E-state index in [4.69, 9.17) is 11.6 Å². The number of hydrogen-bond acceptors (Lipinski definition) is 2. The molecule has 22 heavy (non-hydrogen) atoms. The first-order valence-corrected chi connectivity index (χ1v) is 7.91. The Bertz CT molecular complexity index is 619. The molecule has 2 aromatic carbocycles. The molecule has 4 heteroatoms. The van der Waals surface area contributed by atoms with Gasteiger partial charge in [-0.05, 0) is 29.8 Å². The van der Waals surface area contributed by atoms with E-state index >= 15 is 0 Å². The summed E-state index contributed by atoms with van der Waals surface area (Å²) in [4.78, 5) is 16.8. The number of halogens is 1. The number of benzene rings is 2. The third-order valence-electron chi connectivity index (χ3n) is 4.00. The number of amides is 1. The fourth-order valence-corrected chi connectivity index (χ4v) is 2.85. The van der Waals surface area contributed by atoms with Crippen LogP contribution in [0.4, 0.5) is 0 Å². The van der Waals surface area contributed by atoms with Crippen LogP contribution >= 0.6 is 11.6 Å². The first-order chi connectivity index (χ1) is 10.7. The number of hydrogen-bond donors (Lipinski definition) is 0. The molecule has 1 aliphatic heterocycles. The molecule has 1 aliphatic rings. The minimum Gasteiger partial charge on any atom is -0.336 e. The molecule has 114 valence electrons. The molecule has 1 fully saturated rings. The number of nitrogens with zero attached hydrogens (tertiary/aromatic N) is 2. The van der Waals surface area contributed by atoms with Crippen LogP contribution in [0, 0.1) is 0 Å². The summed E-state index contributed by atoms with van der Waals surface area (Å²) in [6, 6.07) is 17.6. The highest BCUT2D eigenvalue weighted by atomic mass is 35.5. The Kier molecular flexibility index (Phi) is 4.76. The summed E-state index contributed by atoms with van der Waals surface area (Å²) in [5.41, 5.74) is 2.03. The fourth-order valence-electron chi connectivity index (χ4n) is 2.73. The van der Waals surface area contributed by atoms with Crippen LogP contribution in [-0.4, -0.2) is 41.9 Å². The smallest absolute Gasteiger partial charge is 0.253 e. The Morgan fingerprint density at radius 2 is 1.55 bits per heavy atom. The molecular formula is C18H19ClN2O. The molecular weight excluding hydrogens is 296 g/mol. The molecule has 2 aromatic rings. The van der Waals surface area contributed by atoms with Gasteiger partial charge in [-0.25, -0.2) is 0 Å². The highest BCUT2D eigenvalue weighted by Crippen LogP contribution is 2.14. The monoisotopic (exact) mass is 314 g/mol. The third kappa shape index (κ3) is 3.67. The van der Waals surface area contributed by atoms with E-state index in [2.05, 4.69) is 29.2 Å². The average molecular weight is 315 g/mol. The van der Waals surface area contributed by atoms with Crippen LogP contribution in [0.25, 0.3) is 0 Å². The Morgan fingerprint density at radius 1 is 0.909 bits per heavy atom. The number of piperazine rings is 1. The fraction of sp³-hybridized carbons (Fsp3) is 0.278. The van der Waals surface area contributed by atoms with E-state index < -0.39 is 0 Å². The lowest BCUT2D eigenvalue weighted by Gasteiger charge is -2.34. The normalized spacial score (nSPS) is 15.8. The highest BCUT2D eigenvalue weighted by molar-refractivity contribution is 6.30. The van der Waals surface area contributed by atoms with Crippen LogP contribution in [0.3, 0.4) is 0 Å². The molecule has 1 saturated heterocycles. The van der Waals surface area contributed by atoms with Crippen LogP contribution in [0.5, 0.6) is 0 Å². The van der Waals surface area contributed by atoms with E-state index in [-0.39, 0.29) is 5.91 Å². The number of rotatable bonds is 3. The van der Waals surface area contributed by atoms with Gasteiger partial charge in [-0.1, -0.05) is 41.9 Å². The van der Waals surface area contributed by atoms with Gasteiger partial charge in [0, 0.05) is 43.3 Å². The van der Waals surface area contributed by atoms with E-state index in [1.165, 1.54) is 5.56 Å². The van der Waals surface area contributed by atoms with Gasteiger partial charge >= 0.3 is 0 Å². The maximum atomic E-state index is 12.4. The van der Waals surface area contributed by atoms with Crippen molar-refractivity contribution in [1.82, 2.24) is 9.80 Å². The Labute approximate surface area is 136 Å². The van der Waals surface area contributed by atoms with E-state index in [0.717, 1.165) is 32.7 Å². The lowest BCUT2D eigenvalue weighted by molar-refractivity contribution is 0.0628. The topological polar surface area (TPSA) is 23.6 Å². The van der Waals surface area contributed by atoms with E-state index in [1.54, 1.807) is 24.3 Å². The summed E-state index contributed by atoms with van der Waals surface area (Å²) >= 11 is 5.87. The van der Waals surface area contributed by atoms with Crippen LogP contribution in [-0.2, 0) is 6.54 Å². The van der Waals surface area contributed by atoms with Gasteiger partial charge in [0.1, 0.15) is 0 Å². The molecule has 0 N–H and O–H groups in total. The molecule has 0 radical (unpaired) electrons. The highest BCUT2D eigenvalue weighted by Gasteiger charge is 2.21. The van der Waals surface area contributed by atoms with E-state index in [9.17, 15) is 4.79 Å². The second kappa shape index (κ2) is 6.95. The van der Waals surface area contributed by atoms with Crippen molar-refractivity contribution in [2.45, 2.75) is 6.54 Å². The SMILES string of the molecule is O=C(c1ccc(Cl)cc1)N1CCN(Cc2ccccc2)CC1. The Hall–Kier alpha value is -1.84. The van der Waals surface area contributed by atoms with Gasteiger partial charge in [-0.15, -0.1) is 0 Å². The summed E-state index contributed by atoms with van der Waals surface area (Å²) in [6.07, 6.45) is 0. The molecule has 0 saturated carbocycles. The summed E-state index contributed by atoms with van der Waals surface area (Å²) in [7, 11) is 0. The van der Waals surface area contributed by atoms with Crippen molar-refractivity contribution in [3.63, 3.8) is 0 Å². The zero-order chi connectivity index (χ0) is 15.4. The van der Waals surface area contributed by atoms with E-state index in [1.807, 2.05) is 11.0 Å². The first kappa shape index (κ1) is 15.1. The molecule has 0 spiro atoms. The van der Waals surface area contributed by atoms with Crippen molar-refractivity contribution >= 4 is 17.5 Å². The van der Waals surface area contributed by atoms with Crippen LogP contribution < -0.4 is 0 Å². The van der Waals surface area contributed by atoms with Crippen molar-refractivity contribution < 1.29 is 4.79 Å². The third-order valence-corrected chi connectivity index (χ3v) is 4.25. The molecule has 0 atom stereocenters. The van der Waals surface area contributed by atoms with Gasteiger partial charge in [0.2, 0.25) is 0 Å². The first-order valence-electron chi connectivity index (χ1n) is 7.53. The van der Waals surface area contributed by atoms with Crippen LogP contribution in [0.2, 0.25) is 5.02 Å². The van der Waals surface area contributed by atoms with E-state index in [0.29, 0.717) is 10.6 Å². The maximum absolute atomic E-state index is 12.4. The van der Waals surface area contributed by atoms with Gasteiger partial charge in [0.05, 0.1) is 0 Å². The van der Waals surface area contributed by atoms with Crippen molar-refractivity contribution in [2.75, 3.05) is 26.2 Å². The van der Waals surface area contributed by atoms with Gasteiger partial charge in [-0.3, -0.25) is 9.69 Å². The van der Waals surface area contributed by atoms with Crippen LogP contribution in [0.1, 0.15) is 15.9 Å². The molecule has 0 aromatic heterocycles. The zero-order valence-corrected chi connectivity index (χ0v) is 13.2. The summed E-state index contributed by atoms with van der Waals surface area (Å²) < 4.78 is 0. The molecule has 0 aliphatic carbocycles. The second-order valence-electron chi connectivity index (χ2n) is 5.56. The standard InChI is InChI=1S/C18H19ClN2O/c19-17-8-6-16(7-9-17)18(22)21-12-10-20(11-13-21)14-15-4-2-1-3-5-15/h1-9H,10-14H2. The lowest BCUT2D eigenvalue weighted by atomic mass is 10.1. The zero-order valence-electron chi connectivity index (χ0n) is 12.4. The van der Waals surface area contributed by atoms with Crippen LogP contribution in [0.15, 0.2) is 54.6 Å². The quantitative estimate of drug-likeness (QED) is 0.868. The summed E-state index contributed by atoms with van der Waals surface area (Å²) in [5.74, 6) is 0.0935. The molecule has 1 heterocycles. The van der Waals surface area contributed by atoms with Gasteiger partial charge in [0.15, 0.2) is 0 Å². The Morgan fingerprint density at radius 3 is 2.18 bits per heavy atom. The Balaban J connectivity index is 1.55. The molecule has 0 bridgehead atoms. The van der Waals surface area contributed by atoms with Gasteiger partial charge in [0.25, 0.3) is 5.91 Å². The molecule has 3 rings (SSSR count).